The van der Waals surface area contributed by atoms with E-state index in [0.29, 0.717) is 80.1 Å². The lowest BCUT2D eigenvalue weighted by Crippen LogP contribution is -2.42. The van der Waals surface area contributed by atoms with E-state index in [1.807, 2.05) is 94.8 Å². The van der Waals surface area contributed by atoms with E-state index in [4.69, 9.17) is 4.74 Å². The molecule has 0 aromatic carbocycles. The minimum atomic E-state index is -0.216. The van der Waals surface area contributed by atoms with Gasteiger partial charge in [0.1, 0.15) is 5.78 Å². The lowest BCUT2D eigenvalue weighted by molar-refractivity contribution is -0.125. The molecule has 0 saturated heterocycles. The van der Waals surface area contributed by atoms with Gasteiger partial charge in [-0.1, -0.05) is 125 Å². The van der Waals surface area contributed by atoms with Gasteiger partial charge in [-0.15, -0.1) is 0 Å². The Balaban J connectivity index is -0.000000363. The minimum Gasteiger partial charge on any atom is -0.380 e. The summed E-state index contributed by atoms with van der Waals surface area (Å²) in [6.45, 7) is 52.1. The molecule has 0 fully saturated rings. The zero-order chi connectivity index (χ0) is 48.6. The third-order valence-electron chi connectivity index (χ3n) is 6.84. The smallest absolute Gasteiger partial charge is 0.222 e. The summed E-state index contributed by atoms with van der Waals surface area (Å²) in [5, 5.41) is 11.3. The fraction of sp³-hybridized carbons (Fsp3) is 0.898. The van der Waals surface area contributed by atoms with E-state index in [1.165, 1.54) is 0 Å². The zero-order valence-corrected chi connectivity index (χ0v) is 44.7. The number of thioether (sulfide) groups is 1. The van der Waals surface area contributed by atoms with Gasteiger partial charge in [0.2, 0.25) is 23.6 Å². The molecule has 0 unspecified atom stereocenters. The molecule has 358 valence electrons. The van der Waals surface area contributed by atoms with Crippen LogP contribution in [0, 0.1) is 21.7 Å². The van der Waals surface area contributed by atoms with E-state index in [0.717, 1.165) is 12.8 Å². The van der Waals surface area contributed by atoms with Crippen LogP contribution in [-0.4, -0.2) is 76.3 Å². The highest BCUT2D eigenvalue weighted by atomic mass is 32.2. The van der Waals surface area contributed by atoms with Crippen LogP contribution in [0.3, 0.4) is 0 Å². The minimum absolute atomic E-state index is 0.000980. The zero-order valence-electron chi connectivity index (χ0n) is 43.8. The van der Waals surface area contributed by atoms with Crippen molar-refractivity contribution in [3.05, 3.63) is 0 Å². The predicted octanol–water partition coefficient (Wildman–Crippen LogP) is 11.2. The van der Waals surface area contributed by atoms with Crippen LogP contribution in [0.5, 0.6) is 0 Å². The van der Waals surface area contributed by atoms with Gasteiger partial charge in [0.25, 0.3) is 0 Å². The van der Waals surface area contributed by atoms with E-state index >= 15 is 0 Å². The van der Waals surface area contributed by atoms with Gasteiger partial charge < -0.3 is 26.0 Å². The van der Waals surface area contributed by atoms with Crippen molar-refractivity contribution in [2.24, 2.45) is 21.7 Å². The van der Waals surface area contributed by atoms with Gasteiger partial charge in [0, 0.05) is 78.8 Å². The van der Waals surface area contributed by atoms with Crippen LogP contribution in [0.1, 0.15) is 218 Å². The molecular weight excluding hydrogens is 773 g/mol. The van der Waals surface area contributed by atoms with Crippen molar-refractivity contribution >= 4 is 41.2 Å². The molecule has 4 N–H and O–H groups in total. The van der Waals surface area contributed by atoms with Crippen molar-refractivity contribution in [2.75, 3.05) is 26.3 Å². The summed E-state index contributed by atoms with van der Waals surface area (Å²) < 4.78 is 6.20. The molecule has 10 nitrogen and oxygen atoms in total. The molecule has 60 heavy (non-hydrogen) atoms. The number of ketones is 1. The Labute approximate surface area is 376 Å². The summed E-state index contributed by atoms with van der Waals surface area (Å²) in [5.74, 6) is 0.470. The molecule has 0 heterocycles. The van der Waals surface area contributed by atoms with Crippen molar-refractivity contribution < 1.29 is 28.7 Å². The quantitative estimate of drug-likeness (QED) is 0.120. The number of ether oxygens (including phenoxy) is 1. The van der Waals surface area contributed by atoms with Crippen LogP contribution in [-0.2, 0) is 28.7 Å². The van der Waals surface area contributed by atoms with Gasteiger partial charge in [-0.2, -0.15) is 11.8 Å². The number of carbonyl (C=O) groups is 5. The van der Waals surface area contributed by atoms with E-state index in [1.54, 1.807) is 0 Å². The van der Waals surface area contributed by atoms with Gasteiger partial charge in [-0.25, -0.2) is 0 Å². The topological polar surface area (TPSA) is 143 Å². The van der Waals surface area contributed by atoms with Crippen LogP contribution in [0.2, 0.25) is 0 Å². The third-order valence-corrected chi connectivity index (χ3v) is 8.06. The van der Waals surface area contributed by atoms with Crippen LogP contribution in [0.25, 0.3) is 0 Å². The van der Waals surface area contributed by atoms with Crippen molar-refractivity contribution in [1.29, 1.82) is 0 Å². The Morgan fingerprint density at radius 3 is 1.10 bits per heavy atom. The lowest BCUT2D eigenvalue weighted by Gasteiger charge is -2.28. The number of hydrogen-bond acceptors (Lipinski definition) is 7. The van der Waals surface area contributed by atoms with Crippen molar-refractivity contribution in [1.82, 2.24) is 21.3 Å². The Hall–Kier alpha value is -2.14. The first-order chi connectivity index (χ1) is 26.3. The Bertz CT molecular complexity index is 1150. The third kappa shape index (κ3) is 65.0. The fourth-order valence-corrected chi connectivity index (χ4v) is 7.01. The van der Waals surface area contributed by atoms with E-state index < -0.39 is 0 Å². The molecule has 0 radical (unpaired) electrons. The van der Waals surface area contributed by atoms with E-state index in [-0.39, 0.29) is 56.4 Å². The molecule has 0 saturated carbocycles. The number of Topliss-reactive ketones (excluding diaryl/α,β-unsaturated/α-hetero) is 1. The van der Waals surface area contributed by atoms with Crippen LogP contribution >= 0.6 is 11.8 Å². The monoisotopic (exact) mass is 873 g/mol. The highest BCUT2D eigenvalue weighted by Crippen LogP contribution is 2.35. The summed E-state index contributed by atoms with van der Waals surface area (Å²) in [6, 6.07) is 0. The number of nitrogens with one attached hydrogen (secondary N) is 4. The largest absolute Gasteiger partial charge is 0.380 e. The standard InChI is InChI=1S/C16H32N2O3.C13H26N2O2.C12H24O.C8H18S/c1-15(2,3)12-14(20)17-9-11-21-10-7-8-13(19)18-16(4,5)6;1-12(2,3)9-11(17)14-8-7-10(16)15-13(4,5)6;1-11(2,3)8-7-10(13)9-12(4,5)6;1-7(2,3)9-8(4,5)6/h7-12H2,1-6H3,(H,17,20)(H,18,19);7-9H2,1-6H3,(H,14,17)(H,15,16);7-9H2,1-6H3;1-6H3. The molecule has 0 aromatic heterocycles. The second-order valence-electron chi connectivity index (χ2n) is 24.9. The first kappa shape index (κ1) is 64.5. The molecule has 0 aliphatic heterocycles. The molecule has 0 rings (SSSR count). The molecule has 11 heteroatoms. The highest BCUT2D eigenvalue weighted by Gasteiger charge is 2.22. The van der Waals surface area contributed by atoms with Crippen LogP contribution in [0.4, 0.5) is 0 Å². The predicted molar refractivity (Wildman–Crippen MR) is 259 cm³/mol. The summed E-state index contributed by atoms with van der Waals surface area (Å²) in [7, 11) is 0. The number of rotatable bonds is 15. The molecular formula is C49H100N4O6S. The SMILES string of the molecule is CC(C)(C)CC(=O)NCCC(=O)NC(C)(C)C.CC(C)(C)CC(=O)NCCOCCCC(=O)NC(C)(C)C.CC(C)(C)CCC(=O)CC(C)(C)C.CC(C)(C)SC(C)(C)C. The summed E-state index contributed by atoms with van der Waals surface area (Å²) in [6.07, 6.45) is 4.93. The Morgan fingerprint density at radius 2 is 0.783 bits per heavy atom. The molecule has 0 atom stereocenters. The second-order valence-corrected chi connectivity index (χ2v) is 27.6. The number of hydrogen-bond donors (Lipinski definition) is 4. The fourth-order valence-electron chi connectivity index (χ4n) is 5.18. The molecule has 4 amide bonds. The average Bonchev–Trinajstić information content (AvgIpc) is 2.89. The van der Waals surface area contributed by atoms with Crippen molar-refractivity contribution in [2.45, 2.75) is 238 Å². The molecule has 0 bridgehead atoms. The second kappa shape index (κ2) is 28.5. The first-order valence-electron chi connectivity index (χ1n) is 22.2. The Morgan fingerprint density at radius 1 is 0.417 bits per heavy atom. The van der Waals surface area contributed by atoms with Gasteiger partial charge >= 0.3 is 0 Å². The highest BCUT2D eigenvalue weighted by molar-refractivity contribution is 8.01. The molecule has 0 aliphatic rings. The molecule has 0 aromatic rings. The van der Waals surface area contributed by atoms with E-state index in [9.17, 15) is 24.0 Å². The lowest BCUT2D eigenvalue weighted by atomic mass is 9.85. The maximum atomic E-state index is 11.6. The van der Waals surface area contributed by atoms with Gasteiger partial charge in [0.15, 0.2) is 0 Å². The van der Waals surface area contributed by atoms with Gasteiger partial charge in [-0.3, -0.25) is 24.0 Å². The van der Waals surface area contributed by atoms with Crippen molar-refractivity contribution in [3.8, 4) is 0 Å². The number of amides is 4. The number of carbonyl (C=O) groups excluding carboxylic acids is 5. The van der Waals surface area contributed by atoms with E-state index in [2.05, 4.69) is 104 Å². The molecule has 0 spiro atoms. The van der Waals surface area contributed by atoms with Gasteiger partial charge in [-0.05, 0) is 76.0 Å². The Kier molecular flexibility index (Phi) is 30.7. The normalized spacial score (nSPS) is 12.6. The van der Waals surface area contributed by atoms with Crippen LogP contribution < -0.4 is 21.3 Å². The summed E-state index contributed by atoms with van der Waals surface area (Å²) in [5.41, 5.74) is 0.0212. The average molecular weight is 873 g/mol. The molecule has 0 aliphatic carbocycles. The maximum absolute atomic E-state index is 11.6. The first-order valence-corrected chi connectivity index (χ1v) is 23.1. The van der Waals surface area contributed by atoms with Crippen molar-refractivity contribution in [3.63, 3.8) is 0 Å². The van der Waals surface area contributed by atoms with Gasteiger partial charge in [0.05, 0.1) is 6.61 Å². The van der Waals surface area contributed by atoms with Crippen LogP contribution in [0.15, 0.2) is 0 Å². The summed E-state index contributed by atoms with van der Waals surface area (Å²) in [4.78, 5) is 57.5. The maximum Gasteiger partial charge on any atom is 0.222 e. The summed E-state index contributed by atoms with van der Waals surface area (Å²) >= 11 is 2.01.